The van der Waals surface area contributed by atoms with Crippen molar-refractivity contribution in [2.75, 3.05) is 11.1 Å². The minimum atomic E-state index is -0.140. The molecule has 0 aliphatic heterocycles. The van der Waals surface area contributed by atoms with Crippen LogP contribution in [0.25, 0.3) is 0 Å². The van der Waals surface area contributed by atoms with Crippen molar-refractivity contribution in [3.63, 3.8) is 0 Å². The Hall–Kier alpha value is -2.37. The number of aryl methyl sites for hydroxylation is 1. The number of carbonyl (C=O) groups excluding carboxylic acids is 1. The van der Waals surface area contributed by atoms with Crippen LogP contribution in [0.2, 0.25) is 0 Å². The highest BCUT2D eigenvalue weighted by Crippen LogP contribution is 2.39. The van der Waals surface area contributed by atoms with Crippen LogP contribution < -0.4 is 11.1 Å². The minimum absolute atomic E-state index is 0.140. The lowest BCUT2D eigenvalue weighted by molar-refractivity contribution is -0.116. The highest BCUT2D eigenvalue weighted by Gasteiger charge is 2.29. The largest absolute Gasteiger partial charge is 0.408 e. The summed E-state index contributed by atoms with van der Waals surface area (Å²) >= 11 is 0. The van der Waals surface area contributed by atoms with Gasteiger partial charge in [0.05, 0.1) is 0 Å². The molecule has 1 aliphatic rings. The fourth-order valence-electron chi connectivity index (χ4n) is 1.97. The number of hydrogen-bond acceptors (Lipinski definition) is 5. The number of nitrogens with two attached hydrogens (primary N) is 1. The van der Waals surface area contributed by atoms with E-state index in [1.54, 1.807) is 0 Å². The minimum Gasteiger partial charge on any atom is -0.408 e. The van der Waals surface area contributed by atoms with Gasteiger partial charge in [-0.2, -0.15) is 0 Å². The van der Waals surface area contributed by atoms with Gasteiger partial charge in [-0.05, 0) is 37.0 Å². The zero-order valence-electron chi connectivity index (χ0n) is 11.0. The number of nitrogen functional groups attached to an aromatic ring is 1. The first kappa shape index (κ1) is 12.7. The number of benzene rings is 1. The van der Waals surface area contributed by atoms with Gasteiger partial charge in [0.25, 0.3) is 0 Å². The van der Waals surface area contributed by atoms with Crippen molar-refractivity contribution < 1.29 is 9.21 Å². The normalized spacial score (nSPS) is 14.2. The van der Waals surface area contributed by atoms with Gasteiger partial charge in [0.15, 0.2) is 0 Å². The molecule has 1 amide bonds. The smallest absolute Gasteiger partial charge is 0.322 e. The van der Waals surface area contributed by atoms with Gasteiger partial charge in [0, 0.05) is 18.0 Å². The van der Waals surface area contributed by atoms with Gasteiger partial charge in [0.2, 0.25) is 11.8 Å². The average Bonchev–Trinajstić information content (AvgIpc) is 3.18. The van der Waals surface area contributed by atoms with Gasteiger partial charge in [-0.15, -0.1) is 5.10 Å². The number of nitrogens with one attached hydrogen (secondary N) is 1. The molecule has 1 aromatic carbocycles. The summed E-state index contributed by atoms with van der Waals surface area (Å²) in [4.78, 5) is 11.8. The number of rotatable bonds is 5. The summed E-state index contributed by atoms with van der Waals surface area (Å²) in [6.07, 6.45) is 3.15. The highest BCUT2D eigenvalue weighted by atomic mass is 16.4. The summed E-state index contributed by atoms with van der Waals surface area (Å²) < 4.78 is 5.38. The van der Waals surface area contributed by atoms with Crippen molar-refractivity contribution in [1.29, 1.82) is 0 Å². The van der Waals surface area contributed by atoms with Crippen molar-refractivity contribution in [3.05, 3.63) is 35.7 Å². The monoisotopic (exact) mass is 272 g/mol. The topological polar surface area (TPSA) is 94.0 Å². The number of aromatic nitrogens is 2. The molecule has 1 heterocycles. The van der Waals surface area contributed by atoms with E-state index in [0.29, 0.717) is 30.3 Å². The Kier molecular flexibility index (Phi) is 3.37. The van der Waals surface area contributed by atoms with Crippen LogP contribution in [0.5, 0.6) is 0 Å². The number of nitrogens with zero attached hydrogens (tertiary/aromatic N) is 2. The summed E-state index contributed by atoms with van der Waals surface area (Å²) in [5.74, 6) is 0.870. The molecule has 1 aromatic heterocycles. The maximum Gasteiger partial charge on any atom is 0.322 e. The lowest BCUT2D eigenvalue weighted by Crippen LogP contribution is -2.12. The maximum atomic E-state index is 11.8. The Balaban J connectivity index is 1.51. The van der Waals surface area contributed by atoms with E-state index < -0.39 is 0 Å². The van der Waals surface area contributed by atoms with E-state index in [-0.39, 0.29) is 11.9 Å². The van der Waals surface area contributed by atoms with Gasteiger partial charge in [0.1, 0.15) is 0 Å². The highest BCUT2D eigenvalue weighted by molar-refractivity contribution is 5.88. The molecule has 3 rings (SSSR count). The first-order valence-corrected chi connectivity index (χ1v) is 6.68. The van der Waals surface area contributed by atoms with Crippen LogP contribution >= 0.6 is 0 Å². The lowest BCUT2D eigenvalue weighted by Gasteiger charge is -2.02. The second-order valence-electron chi connectivity index (χ2n) is 5.01. The van der Waals surface area contributed by atoms with E-state index in [4.69, 9.17) is 10.2 Å². The molecular formula is C14H16N4O2. The number of amides is 1. The zero-order chi connectivity index (χ0) is 13.9. The van der Waals surface area contributed by atoms with Crippen LogP contribution in [-0.4, -0.2) is 16.1 Å². The second kappa shape index (κ2) is 5.32. The van der Waals surface area contributed by atoms with Crippen LogP contribution in [0.4, 0.5) is 11.7 Å². The predicted molar refractivity (Wildman–Crippen MR) is 74.1 cm³/mol. The summed E-state index contributed by atoms with van der Waals surface area (Å²) in [7, 11) is 0. The number of hydrogen-bond donors (Lipinski definition) is 2. The van der Waals surface area contributed by atoms with Gasteiger partial charge in [-0.3, -0.25) is 10.1 Å². The lowest BCUT2D eigenvalue weighted by atomic mass is 10.1. The molecule has 0 unspecified atom stereocenters. The number of carbonyl (C=O) groups is 1. The summed E-state index contributed by atoms with van der Waals surface area (Å²) in [5.41, 5.74) is 7.43. The van der Waals surface area contributed by atoms with Crippen molar-refractivity contribution in [2.24, 2.45) is 0 Å². The van der Waals surface area contributed by atoms with E-state index in [2.05, 4.69) is 15.5 Å². The Bertz CT molecular complexity index is 619. The molecule has 6 nitrogen and oxygen atoms in total. The fraction of sp³-hybridized carbons (Fsp3) is 0.357. The van der Waals surface area contributed by atoms with Gasteiger partial charge in [-0.25, -0.2) is 0 Å². The third-order valence-electron chi connectivity index (χ3n) is 3.21. The Morgan fingerprint density at radius 3 is 3.00 bits per heavy atom. The van der Waals surface area contributed by atoms with Gasteiger partial charge >= 0.3 is 6.01 Å². The number of anilines is 2. The van der Waals surface area contributed by atoms with E-state index in [9.17, 15) is 4.79 Å². The van der Waals surface area contributed by atoms with Crippen LogP contribution in [0.1, 0.15) is 36.6 Å². The summed E-state index contributed by atoms with van der Waals surface area (Å²) in [6.45, 7) is 0. The molecule has 104 valence electrons. The molecule has 3 N–H and O–H groups in total. The molecule has 1 fully saturated rings. The first-order valence-electron chi connectivity index (χ1n) is 6.68. The SMILES string of the molecule is Nc1cccc(CCC(=O)Nc2nnc(C3CC3)o2)c1. The molecule has 0 atom stereocenters. The van der Waals surface area contributed by atoms with Crippen molar-refractivity contribution in [3.8, 4) is 0 Å². The quantitative estimate of drug-likeness (QED) is 0.813. The predicted octanol–water partition coefficient (Wildman–Crippen LogP) is 2.10. The van der Waals surface area contributed by atoms with Crippen molar-refractivity contribution >= 4 is 17.6 Å². The zero-order valence-corrected chi connectivity index (χ0v) is 11.0. The van der Waals surface area contributed by atoms with Crippen LogP contribution in [0.3, 0.4) is 0 Å². The molecule has 0 bridgehead atoms. The third-order valence-corrected chi connectivity index (χ3v) is 3.21. The Morgan fingerprint density at radius 2 is 2.25 bits per heavy atom. The van der Waals surface area contributed by atoms with E-state index in [0.717, 1.165) is 18.4 Å². The third kappa shape index (κ3) is 3.14. The Labute approximate surface area is 116 Å². The molecule has 0 spiro atoms. The molecule has 20 heavy (non-hydrogen) atoms. The second-order valence-corrected chi connectivity index (χ2v) is 5.01. The van der Waals surface area contributed by atoms with Gasteiger partial charge < -0.3 is 10.2 Å². The van der Waals surface area contributed by atoms with Crippen LogP contribution in [0, 0.1) is 0 Å². The summed E-state index contributed by atoms with van der Waals surface area (Å²) in [5, 5.41) is 10.4. The summed E-state index contributed by atoms with van der Waals surface area (Å²) in [6, 6.07) is 7.70. The molecule has 6 heteroatoms. The molecule has 2 aromatic rings. The standard InChI is InChI=1S/C14H16N4O2/c15-11-3-1-2-9(8-11)4-7-12(19)16-14-18-17-13(20-14)10-5-6-10/h1-3,8,10H,4-7,15H2,(H,16,18,19). The molecular weight excluding hydrogens is 256 g/mol. The average molecular weight is 272 g/mol. The van der Waals surface area contributed by atoms with Crippen LogP contribution in [-0.2, 0) is 11.2 Å². The van der Waals surface area contributed by atoms with Crippen molar-refractivity contribution in [2.45, 2.75) is 31.6 Å². The van der Waals surface area contributed by atoms with Gasteiger partial charge in [-0.1, -0.05) is 17.2 Å². The molecule has 0 saturated heterocycles. The van der Waals surface area contributed by atoms with E-state index >= 15 is 0 Å². The van der Waals surface area contributed by atoms with E-state index in [1.807, 2.05) is 24.3 Å². The molecule has 0 radical (unpaired) electrons. The fourth-order valence-corrected chi connectivity index (χ4v) is 1.97. The van der Waals surface area contributed by atoms with Crippen molar-refractivity contribution in [1.82, 2.24) is 10.2 Å². The molecule has 1 aliphatic carbocycles. The molecule has 1 saturated carbocycles. The Morgan fingerprint density at radius 1 is 1.40 bits per heavy atom. The first-order chi connectivity index (χ1) is 9.70. The van der Waals surface area contributed by atoms with Crippen LogP contribution in [0.15, 0.2) is 28.7 Å². The maximum absolute atomic E-state index is 11.8. The van der Waals surface area contributed by atoms with E-state index in [1.165, 1.54) is 0 Å².